The fraction of sp³-hybridized carbons (Fsp3) is 0.778. The zero-order valence-electron chi connectivity index (χ0n) is 8.63. The molecule has 0 spiro atoms. The molecule has 1 heterocycles. The van der Waals surface area contributed by atoms with Crippen LogP contribution >= 0.6 is 0 Å². The molecule has 1 aliphatic rings. The second-order valence-electron chi connectivity index (χ2n) is 3.60. The number of hydrogen-bond donors (Lipinski definition) is 0. The molecule has 0 N–H and O–H groups in total. The molecule has 0 aromatic heterocycles. The van der Waals surface area contributed by atoms with Gasteiger partial charge in [-0.1, -0.05) is 0 Å². The van der Waals surface area contributed by atoms with E-state index in [9.17, 15) is 18.4 Å². The number of Topliss-reactive ketones (excluding diaryl/α,β-unsaturated/α-hetero) is 1. The van der Waals surface area contributed by atoms with E-state index in [0.29, 0.717) is 0 Å². The number of ether oxygens (including phenoxy) is 1. The third-order valence-electron chi connectivity index (χ3n) is 2.47. The summed E-state index contributed by atoms with van der Waals surface area (Å²) in [6, 6.07) is -1.07. The van der Waals surface area contributed by atoms with Crippen molar-refractivity contribution in [3.05, 3.63) is 0 Å². The molecule has 4 nitrogen and oxygen atoms in total. The van der Waals surface area contributed by atoms with Crippen LogP contribution in [0.1, 0.15) is 19.8 Å². The Morgan fingerprint density at radius 2 is 2.07 bits per heavy atom. The highest BCUT2D eigenvalue weighted by Crippen LogP contribution is 2.32. The number of halogens is 2. The summed E-state index contributed by atoms with van der Waals surface area (Å²) >= 11 is 0. The lowest BCUT2D eigenvalue weighted by Crippen LogP contribution is -2.52. The monoisotopic (exact) mass is 221 g/mol. The van der Waals surface area contributed by atoms with Crippen LogP contribution in [-0.4, -0.2) is 42.4 Å². The van der Waals surface area contributed by atoms with Crippen LogP contribution in [0.5, 0.6) is 0 Å². The summed E-state index contributed by atoms with van der Waals surface area (Å²) in [7, 11) is 1.16. The van der Waals surface area contributed by atoms with Gasteiger partial charge in [0.2, 0.25) is 0 Å². The maximum atomic E-state index is 13.0. The number of hydrogen-bond acceptors (Lipinski definition) is 3. The van der Waals surface area contributed by atoms with Crippen molar-refractivity contribution in [1.82, 2.24) is 4.90 Å². The Kier molecular flexibility index (Phi) is 3.26. The lowest BCUT2D eigenvalue weighted by Gasteiger charge is -2.36. The number of carbonyl (C=O) groups excluding carboxylic acids is 2. The van der Waals surface area contributed by atoms with Crippen LogP contribution in [-0.2, 0) is 9.53 Å². The number of nitrogens with zero attached hydrogens (tertiary/aromatic N) is 1. The lowest BCUT2D eigenvalue weighted by molar-refractivity contribution is -0.131. The zero-order valence-corrected chi connectivity index (χ0v) is 8.63. The van der Waals surface area contributed by atoms with Gasteiger partial charge in [0.15, 0.2) is 5.78 Å². The van der Waals surface area contributed by atoms with Crippen molar-refractivity contribution in [2.75, 3.05) is 13.7 Å². The Labute approximate surface area is 86.2 Å². The van der Waals surface area contributed by atoms with Crippen molar-refractivity contribution in [2.24, 2.45) is 0 Å². The topological polar surface area (TPSA) is 46.6 Å². The van der Waals surface area contributed by atoms with E-state index in [-0.39, 0.29) is 6.54 Å². The molecule has 86 valence electrons. The summed E-state index contributed by atoms with van der Waals surface area (Å²) < 4.78 is 30.5. The van der Waals surface area contributed by atoms with E-state index in [0.717, 1.165) is 12.0 Å². The summed E-state index contributed by atoms with van der Waals surface area (Å²) in [6.45, 7) is 1.05. The highest BCUT2D eigenvalue weighted by molar-refractivity contribution is 5.85. The van der Waals surface area contributed by atoms with Crippen molar-refractivity contribution >= 4 is 11.9 Å². The third kappa shape index (κ3) is 2.64. The van der Waals surface area contributed by atoms with Gasteiger partial charge >= 0.3 is 6.09 Å². The molecule has 0 bridgehead atoms. The molecule has 0 saturated carbocycles. The molecule has 0 unspecified atom stereocenters. The van der Waals surface area contributed by atoms with Crippen molar-refractivity contribution < 1.29 is 23.1 Å². The minimum absolute atomic E-state index is 0.149. The van der Waals surface area contributed by atoms with Gasteiger partial charge in [0.05, 0.1) is 13.2 Å². The van der Waals surface area contributed by atoms with Gasteiger partial charge in [0.1, 0.15) is 0 Å². The largest absolute Gasteiger partial charge is 0.453 e. The van der Waals surface area contributed by atoms with Gasteiger partial charge in [0, 0.05) is 19.4 Å². The van der Waals surface area contributed by atoms with Crippen LogP contribution in [0.25, 0.3) is 0 Å². The predicted molar refractivity (Wildman–Crippen MR) is 47.8 cm³/mol. The number of amides is 1. The number of ketones is 1. The number of methoxy groups -OCH3 is 1. The molecular formula is C9H13F2NO3. The number of alkyl halides is 2. The maximum Gasteiger partial charge on any atom is 0.410 e. The van der Waals surface area contributed by atoms with Crippen molar-refractivity contribution in [3.8, 4) is 0 Å². The first-order valence-electron chi connectivity index (χ1n) is 4.60. The predicted octanol–water partition coefficient (Wildman–Crippen LogP) is 1.44. The molecule has 1 aliphatic heterocycles. The molecule has 1 rings (SSSR count). The smallest absolute Gasteiger partial charge is 0.410 e. The number of likely N-dealkylation sites (tertiary alicyclic amines) is 1. The van der Waals surface area contributed by atoms with Gasteiger partial charge in [-0.2, -0.15) is 0 Å². The fourth-order valence-corrected chi connectivity index (χ4v) is 1.63. The number of rotatable bonds is 1. The van der Waals surface area contributed by atoms with Gasteiger partial charge in [-0.3, -0.25) is 9.69 Å². The molecule has 1 saturated heterocycles. The Balaban J connectivity index is 2.81. The number of piperidine rings is 1. The van der Waals surface area contributed by atoms with Crippen LogP contribution in [0.4, 0.5) is 13.6 Å². The summed E-state index contributed by atoms with van der Waals surface area (Å²) in [5, 5.41) is 0. The second-order valence-corrected chi connectivity index (χ2v) is 3.60. The summed E-state index contributed by atoms with van der Waals surface area (Å²) in [5.41, 5.74) is 0. The van der Waals surface area contributed by atoms with E-state index in [1.54, 1.807) is 0 Å². The first-order chi connectivity index (χ1) is 6.87. The molecule has 1 amide bonds. The highest BCUT2D eigenvalue weighted by Gasteiger charge is 2.44. The molecule has 0 aromatic rings. The molecule has 0 aliphatic carbocycles. The molecule has 1 fully saturated rings. The Hall–Kier alpha value is -1.20. The Bertz CT molecular complexity index is 281. The van der Waals surface area contributed by atoms with Gasteiger partial charge < -0.3 is 4.74 Å². The molecular weight excluding hydrogens is 208 g/mol. The molecule has 0 aromatic carbocycles. The lowest BCUT2D eigenvalue weighted by atomic mass is 9.96. The third-order valence-corrected chi connectivity index (χ3v) is 2.47. The van der Waals surface area contributed by atoms with E-state index >= 15 is 0 Å². The first-order valence-corrected chi connectivity index (χ1v) is 4.60. The van der Waals surface area contributed by atoms with Crippen LogP contribution < -0.4 is 0 Å². The normalized spacial score (nSPS) is 24.8. The SMILES string of the molecule is COC(=O)N1CCC(F)(F)C[C@H]1C(C)=O. The minimum atomic E-state index is -2.87. The van der Waals surface area contributed by atoms with Crippen molar-refractivity contribution in [2.45, 2.75) is 31.7 Å². The van der Waals surface area contributed by atoms with E-state index < -0.39 is 36.7 Å². The van der Waals surface area contributed by atoms with Crippen molar-refractivity contribution in [1.29, 1.82) is 0 Å². The quantitative estimate of drug-likeness (QED) is 0.673. The first kappa shape index (κ1) is 11.9. The summed E-state index contributed by atoms with van der Waals surface area (Å²) in [5.74, 6) is -3.32. The minimum Gasteiger partial charge on any atom is -0.453 e. The van der Waals surface area contributed by atoms with Gasteiger partial charge in [0.25, 0.3) is 5.92 Å². The standard InChI is InChI=1S/C9H13F2NO3/c1-6(13)7-5-9(10,11)3-4-12(7)8(14)15-2/h7H,3-5H2,1-2H3/t7-/m0/s1. The van der Waals surface area contributed by atoms with E-state index in [4.69, 9.17) is 0 Å². The Morgan fingerprint density at radius 1 is 1.47 bits per heavy atom. The highest BCUT2D eigenvalue weighted by atomic mass is 19.3. The van der Waals surface area contributed by atoms with Gasteiger partial charge in [-0.25, -0.2) is 13.6 Å². The molecule has 15 heavy (non-hydrogen) atoms. The van der Waals surface area contributed by atoms with E-state index in [2.05, 4.69) is 4.74 Å². The molecule has 0 radical (unpaired) electrons. The van der Waals surface area contributed by atoms with Gasteiger partial charge in [-0.05, 0) is 6.92 Å². The van der Waals surface area contributed by atoms with E-state index in [1.165, 1.54) is 6.92 Å². The molecule has 1 atom stereocenters. The van der Waals surface area contributed by atoms with Crippen LogP contribution in [0.15, 0.2) is 0 Å². The average molecular weight is 221 g/mol. The number of carbonyl (C=O) groups is 2. The summed E-state index contributed by atoms with van der Waals surface area (Å²) in [6.07, 6.45) is -1.77. The van der Waals surface area contributed by atoms with Crippen LogP contribution in [0.2, 0.25) is 0 Å². The molecule has 6 heteroatoms. The van der Waals surface area contributed by atoms with Crippen molar-refractivity contribution in [3.63, 3.8) is 0 Å². The average Bonchev–Trinajstić information content (AvgIpc) is 2.15. The Morgan fingerprint density at radius 3 is 2.53 bits per heavy atom. The fourth-order valence-electron chi connectivity index (χ4n) is 1.63. The maximum absolute atomic E-state index is 13.0. The zero-order chi connectivity index (χ0) is 11.6. The van der Waals surface area contributed by atoms with E-state index in [1.807, 2.05) is 0 Å². The van der Waals surface area contributed by atoms with Crippen LogP contribution in [0.3, 0.4) is 0 Å². The second kappa shape index (κ2) is 4.12. The van der Waals surface area contributed by atoms with Gasteiger partial charge in [-0.15, -0.1) is 0 Å². The van der Waals surface area contributed by atoms with Crippen LogP contribution in [0, 0.1) is 0 Å². The summed E-state index contributed by atoms with van der Waals surface area (Å²) in [4.78, 5) is 23.4.